The highest BCUT2D eigenvalue weighted by Gasteiger charge is 2.08. The number of nitrogens with zero attached hydrogens (tertiary/aromatic N) is 1. The molecule has 88 valence electrons. The zero-order chi connectivity index (χ0) is 12.1. The Balaban J connectivity index is 2.70. The lowest BCUT2D eigenvalue weighted by atomic mass is 10.2. The van der Waals surface area contributed by atoms with Gasteiger partial charge in [-0.15, -0.1) is 0 Å². The first kappa shape index (κ1) is 13.1. The van der Waals surface area contributed by atoms with E-state index in [0.717, 1.165) is 0 Å². The topological polar surface area (TPSA) is 40.5 Å². The molecule has 1 unspecified atom stereocenters. The molecular weight excluding hydrogens is 277 g/mol. The summed E-state index contributed by atoms with van der Waals surface area (Å²) in [5.41, 5.74) is 0.688. The minimum Gasteiger partial charge on any atom is -0.392 e. The van der Waals surface area contributed by atoms with E-state index in [1.165, 1.54) is 11.0 Å². The van der Waals surface area contributed by atoms with Crippen LogP contribution in [-0.2, 0) is 11.3 Å². The van der Waals surface area contributed by atoms with E-state index < -0.39 is 6.10 Å². The molecule has 0 aromatic heterocycles. The number of aliphatic hydroxyl groups excluding tert-OH is 1. The molecule has 1 aromatic carbocycles. The Morgan fingerprint density at radius 2 is 2.31 bits per heavy atom. The molecule has 1 atom stereocenters. The quantitative estimate of drug-likeness (QED) is 0.842. The Morgan fingerprint density at radius 3 is 2.81 bits per heavy atom. The Kier molecular flexibility index (Phi) is 4.89. The van der Waals surface area contributed by atoms with Crippen LogP contribution in [0.4, 0.5) is 4.39 Å². The van der Waals surface area contributed by atoms with Crippen molar-refractivity contribution in [2.24, 2.45) is 0 Å². The SMILES string of the molecule is CC(O)CN(C=O)Cc1ccc(Br)c(F)c1. The smallest absolute Gasteiger partial charge is 0.210 e. The van der Waals surface area contributed by atoms with Crippen molar-refractivity contribution in [3.05, 3.63) is 34.1 Å². The average Bonchev–Trinajstić information content (AvgIpc) is 2.22. The number of benzene rings is 1. The van der Waals surface area contributed by atoms with Gasteiger partial charge in [-0.05, 0) is 40.5 Å². The number of carbonyl (C=O) groups excluding carboxylic acids is 1. The van der Waals surface area contributed by atoms with Gasteiger partial charge in [0.25, 0.3) is 0 Å². The molecule has 0 spiro atoms. The molecule has 0 saturated heterocycles. The van der Waals surface area contributed by atoms with Crippen LogP contribution in [0.15, 0.2) is 22.7 Å². The molecule has 0 aliphatic heterocycles. The summed E-state index contributed by atoms with van der Waals surface area (Å²) in [5.74, 6) is -0.361. The number of amides is 1. The Bertz CT molecular complexity index is 371. The van der Waals surface area contributed by atoms with E-state index in [-0.39, 0.29) is 12.4 Å². The van der Waals surface area contributed by atoms with Crippen LogP contribution in [0.2, 0.25) is 0 Å². The van der Waals surface area contributed by atoms with Crippen LogP contribution in [0.25, 0.3) is 0 Å². The molecule has 3 nitrogen and oxygen atoms in total. The fourth-order valence-electron chi connectivity index (χ4n) is 1.36. The molecular formula is C11H13BrFNO2. The van der Waals surface area contributed by atoms with E-state index >= 15 is 0 Å². The molecule has 1 N–H and O–H groups in total. The maximum Gasteiger partial charge on any atom is 0.210 e. The third-order valence-corrected chi connectivity index (χ3v) is 2.66. The van der Waals surface area contributed by atoms with E-state index in [1.807, 2.05) is 0 Å². The standard InChI is InChI=1S/C11H13BrFNO2/c1-8(16)5-14(7-15)6-9-2-3-10(12)11(13)4-9/h2-4,7-8,16H,5-6H2,1H3. The second-order valence-corrected chi connectivity index (χ2v) is 4.49. The van der Waals surface area contributed by atoms with Crippen LogP contribution in [0.3, 0.4) is 0 Å². The predicted octanol–water partition coefficient (Wildman–Crippen LogP) is 1.93. The van der Waals surface area contributed by atoms with Crippen LogP contribution in [0.5, 0.6) is 0 Å². The lowest BCUT2D eigenvalue weighted by Crippen LogP contribution is -2.29. The summed E-state index contributed by atoms with van der Waals surface area (Å²) in [4.78, 5) is 12.1. The molecule has 1 rings (SSSR count). The predicted molar refractivity (Wildman–Crippen MR) is 62.3 cm³/mol. The van der Waals surface area contributed by atoms with Gasteiger partial charge in [-0.3, -0.25) is 4.79 Å². The van der Waals surface area contributed by atoms with Crippen LogP contribution >= 0.6 is 15.9 Å². The molecule has 1 amide bonds. The highest BCUT2D eigenvalue weighted by atomic mass is 79.9. The number of rotatable bonds is 5. The molecule has 0 heterocycles. The van der Waals surface area contributed by atoms with Crippen molar-refractivity contribution in [1.82, 2.24) is 4.90 Å². The Labute approximate surface area is 102 Å². The number of carbonyl (C=O) groups is 1. The molecule has 16 heavy (non-hydrogen) atoms. The number of aliphatic hydroxyl groups is 1. The minimum absolute atomic E-state index is 0.237. The highest BCUT2D eigenvalue weighted by Crippen LogP contribution is 2.17. The summed E-state index contributed by atoms with van der Waals surface area (Å²) in [6.07, 6.45) is 0.0534. The molecule has 0 aliphatic rings. The van der Waals surface area contributed by atoms with Gasteiger partial charge in [-0.25, -0.2) is 4.39 Å². The van der Waals surface area contributed by atoms with Crippen LogP contribution in [-0.4, -0.2) is 29.1 Å². The molecule has 0 saturated carbocycles. The molecule has 0 bridgehead atoms. The molecule has 0 fully saturated rings. The van der Waals surface area contributed by atoms with Gasteiger partial charge in [0, 0.05) is 13.1 Å². The van der Waals surface area contributed by atoms with Gasteiger partial charge in [0.2, 0.25) is 6.41 Å². The van der Waals surface area contributed by atoms with Crippen molar-refractivity contribution in [2.45, 2.75) is 19.6 Å². The Hall–Kier alpha value is -0.940. The molecule has 0 aliphatic carbocycles. The average molecular weight is 290 g/mol. The third kappa shape index (κ3) is 3.90. The highest BCUT2D eigenvalue weighted by molar-refractivity contribution is 9.10. The molecule has 1 aromatic rings. The van der Waals surface area contributed by atoms with Gasteiger partial charge < -0.3 is 10.0 Å². The summed E-state index contributed by atoms with van der Waals surface area (Å²) < 4.78 is 13.6. The van der Waals surface area contributed by atoms with Gasteiger partial charge in [0.1, 0.15) is 5.82 Å². The maximum absolute atomic E-state index is 13.2. The third-order valence-electron chi connectivity index (χ3n) is 2.02. The first-order valence-electron chi connectivity index (χ1n) is 4.84. The number of hydrogen-bond donors (Lipinski definition) is 1. The van der Waals surface area contributed by atoms with Crippen molar-refractivity contribution in [3.63, 3.8) is 0 Å². The van der Waals surface area contributed by atoms with E-state index in [0.29, 0.717) is 23.0 Å². The fraction of sp³-hybridized carbons (Fsp3) is 0.364. The summed E-state index contributed by atoms with van der Waals surface area (Å²) in [5, 5.41) is 9.15. The maximum atomic E-state index is 13.2. The zero-order valence-corrected chi connectivity index (χ0v) is 10.4. The zero-order valence-electron chi connectivity index (χ0n) is 8.86. The van der Waals surface area contributed by atoms with Gasteiger partial charge in [0.05, 0.1) is 10.6 Å². The van der Waals surface area contributed by atoms with E-state index in [1.54, 1.807) is 19.1 Å². The van der Waals surface area contributed by atoms with Crippen molar-refractivity contribution in [3.8, 4) is 0 Å². The summed E-state index contributed by atoms with van der Waals surface area (Å²) in [7, 11) is 0. The minimum atomic E-state index is -0.592. The second-order valence-electron chi connectivity index (χ2n) is 3.63. The normalized spacial score (nSPS) is 12.2. The molecule has 5 heteroatoms. The van der Waals surface area contributed by atoms with Crippen molar-refractivity contribution in [1.29, 1.82) is 0 Å². The van der Waals surface area contributed by atoms with Crippen LogP contribution in [0, 0.1) is 5.82 Å². The van der Waals surface area contributed by atoms with Gasteiger partial charge >= 0.3 is 0 Å². The van der Waals surface area contributed by atoms with Crippen LogP contribution < -0.4 is 0 Å². The lowest BCUT2D eigenvalue weighted by Gasteiger charge is -2.19. The second kappa shape index (κ2) is 5.96. The van der Waals surface area contributed by atoms with E-state index in [9.17, 15) is 9.18 Å². The first-order valence-corrected chi connectivity index (χ1v) is 5.63. The van der Waals surface area contributed by atoms with Gasteiger partial charge in [-0.1, -0.05) is 6.07 Å². The summed E-state index contributed by atoms with van der Waals surface area (Å²) >= 11 is 3.05. The van der Waals surface area contributed by atoms with E-state index in [2.05, 4.69) is 15.9 Å². The van der Waals surface area contributed by atoms with Crippen molar-refractivity contribution < 1.29 is 14.3 Å². The number of hydrogen-bond acceptors (Lipinski definition) is 2. The van der Waals surface area contributed by atoms with Crippen molar-refractivity contribution >= 4 is 22.3 Å². The monoisotopic (exact) mass is 289 g/mol. The Morgan fingerprint density at radius 1 is 1.62 bits per heavy atom. The van der Waals surface area contributed by atoms with Gasteiger partial charge in [0.15, 0.2) is 0 Å². The van der Waals surface area contributed by atoms with E-state index in [4.69, 9.17) is 5.11 Å². The fourth-order valence-corrected chi connectivity index (χ4v) is 1.60. The van der Waals surface area contributed by atoms with Crippen molar-refractivity contribution in [2.75, 3.05) is 6.54 Å². The first-order chi connectivity index (χ1) is 7.52. The summed E-state index contributed by atoms with van der Waals surface area (Å²) in [6.45, 7) is 2.12. The molecule has 0 radical (unpaired) electrons. The summed E-state index contributed by atoms with van der Waals surface area (Å²) in [6, 6.07) is 4.68. The van der Waals surface area contributed by atoms with Crippen LogP contribution in [0.1, 0.15) is 12.5 Å². The largest absolute Gasteiger partial charge is 0.392 e. The van der Waals surface area contributed by atoms with Gasteiger partial charge in [-0.2, -0.15) is 0 Å². The number of halogens is 2. The lowest BCUT2D eigenvalue weighted by molar-refractivity contribution is -0.119.